The first-order valence-corrected chi connectivity index (χ1v) is 11.6. The van der Waals surface area contributed by atoms with Gasteiger partial charge in [0.2, 0.25) is 0 Å². The Morgan fingerprint density at radius 3 is 2.37 bits per heavy atom. The molecular formula is C24H23FN6O3S. The summed E-state index contributed by atoms with van der Waals surface area (Å²) in [4.78, 5) is 38.0. The lowest BCUT2D eigenvalue weighted by Crippen LogP contribution is -2.42. The first-order valence-electron chi connectivity index (χ1n) is 10.7. The number of nitrogen functional groups attached to an aromatic ring is 1. The van der Waals surface area contributed by atoms with E-state index >= 15 is 0 Å². The minimum atomic E-state index is -0.797. The Morgan fingerprint density at radius 1 is 1.03 bits per heavy atom. The maximum absolute atomic E-state index is 14.6. The molecule has 1 atom stereocenters. The van der Waals surface area contributed by atoms with Crippen LogP contribution in [-0.2, 0) is 20.6 Å². The number of carbonyl (C=O) groups excluding carboxylic acids is 1. The van der Waals surface area contributed by atoms with Gasteiger partial charge in [0.05, 0.1) is 17.4 Å². The molecule has 35 heavy (non-hydrogen) atoms. The lowest BCUT2D eigenvalue weighted by Gasteiger charge is -2.15. The fraction of sp³-hybridized carbons (Fsp3) is 0.208. The zero-order valence-corrected chi connectivity index (χ0v) is 20.1. The van der Waals surface area contributed by atoms with Crippen LogP contribution in [0.15, 0.2) is 69.3 Å². The Bertz CT molecular complexity index is 1530. The smallest absolute Gasteiger partial charge is 0.332 e. The molecule has 0 aliphatic carbocycles. The monoisotopic (exact) mass is 494 g/mol. The van der Waals surface area contributed by atoms with Crippen molar-refractivity contribution in [3.05, 3.63) is 92.4 Å². The van der Waals surface area contributed by atoms with Gasteiger partial charge < -0.3 is 5.73 Å². The third kappa shape index (κ3) is 4.54. The highest BCUT2D eigenvalue weighted by atomic mass is 32.2. The Morgan fingerprint density at radius 2 is 1.69 bits per heavy atom. The van der Waals surface area contributed by atoms with E-state index in [-0.39, 0.29) is 16.9 Å². The van der Waals surface area contributed by atoms with Gasteiger partial charge in [-0.05, 0) is 24.6 Å². The molecule has 2 heterocycles. The van der Waals surface area contributed by atoms with Crippen molar-refractivity contribution in [1.82, 2.24) is 23.9 Å². The van der Waals surface area contributed by atoms with Crippen LogP contribution in [0.3, 0.4) is 0 Å². The number of hydrogen-bond donors (Lipinski definition) is 1. The summed E-state index contributed by atoms with van der Waals surface area (Å²) in [5, 5.41) is 8.01. The van der Waals surface area contributed by atoms with Gasteiger partial charge in [0.1, 0.15) is 17.2 Å². The highest BCUT2D eigenvalue weighted by Crippen LogP contribution is 2.30. The van der Waals surface area contributed by atoms with Crippen molar-refractivity contribution in [3.8, 4) is 11.4 Å². The maximum atomic E-state index is 14.6. The molecule has 0 amide bonds. The van der Waals surface area contributed by atoms with Crippen LogP contribution in [0.4, 0.5) is 10.2 Å². The van der Waals surface area contributed by atoms with Gasteiger partial charge in [0.25, 0.3) is 5.56 Å². The second-order valence-electron chi connectivity index (χ2n) is 7.95. The van der Waals surface area contributed by atoms with Gasteiger partial charge in [-0.2, -0.15) is 0 Å². The minimum absolute atomic E-state index is 0.201. The van der Waals surface area contributed by atoms with Crippen LogP contribution in [-0.4, -0.2) is 34.9 Å². The molecule has 0 aliphatic rings. The van der Waals surface area contributed by atoms with E-state index in [9.17, 15) is 18.8 Å². The van der Waals surface area contributed by atoms with Crippen LogP contribution < -0.4 is 17.0 Å². The van der Waals surface area contributed by atoms with E-state index in [1.165, 1.54) is 20.2 Å². The zero-order valence-electron chi connectivity index (χ0n) is 19.3. The normalized spacial score (nSPS) is 12.0. The number of anilines is 1. The highest BCUT2D eigenvalue weighted by Gasteiger charge is 2.28. The largest absolute Gasteiger partial charge is 0.384 e. The van der Waals surface area contributed by atoms with E-state index < -0.39 is 28.1 Å². The summed E-state index contributed by atoms with van der Waals surface area (Å²) in [7, 11) is 2.68. The fourth-order valence-electron chi connectivity index (χ4n) is 3.63. The Balaban J connectivity index is 1.74. The maximum Gasteiger partial charge on any atom is 0.332 e. The van der Waals surface area contributed by atoms with Crippen LogP contribution in [0.5, 0.6) is 0 Å². The predicted molar refractivity (Wildman–Crippen MR) is 132 cm³/mol. The second-order valence-corrected chi connectivity index (χ2v) is 9.26. The average molecular weight is 495 g/mol. The average Bonchev–Trinajstić information content (AvgIpc) is 3.24. The highest BCUT2D eigenvalue weighted by molar-refractivity contribution is 8.00. The molecule has 0 fully saturated rings. The summed E-state index contributed by atoms with van der Waals surface area (Å²) < 4.78 is 18.2. The van der Waals surface area contributed by atoms with Crippen molar-refractivity contribution < 1.29 is 9.18 Å². The molecule has 0 aliphatic heterocycles. The molecule has 0 spiro atoms. The van der Waals surface area contributed by atoms with Crippen LogP contribution in [0, 0.1) is 5.82 Å². The summed E-state index contributed by atoms with van der Waals surface area (Å²) in [6, 6.07) is 15.8. The van der Waals surface area contributed by atoms with Gasteiger partial charge in [-0.25, -0.2) is 9.18 Å². The molecule has 9 nitrogen and oxygen atoms in total. The van der Waals surface area contributed by atoms with E-state index in [0.717, 1.165) is 26.5 Å². The third-order valence-corrected chi connectivity index (χ3v) is 6.70. The number of halogens is 1. The summed E-state index contributed by atoms with van der Waals surface area (Å²) in [5.41, 5.74) is 5.51. The lowest BCUT2D eigenvalue weighted by atomic mass is 10.1. The van der Waals surface area contributed by atoms with E-state index in [1.54, 1.807) is 29.7 Å². The number of aromatic nitrogens is 5. The van der Waals surface area contributed by atoms with Crippen molar-refractivity contribution in [2.75, 3.05) is 5.73 Å². The van der Waals surface area contributed by atoms with Gasteiger partial charge in [0.15, 0.2) is 16.8 Å². The molecule has 4 aromatic rings. The van der Waals surface area contributed by atoms with E-state index in [1.807, 2.05) is 30.3 Å². The molecule has 0 saturated heterocycles. The van der Waals surface area contributed by atoms with Crippen LogP contribution in [0.1, 0.15) is 22.8 Å². The SMILES string of the molecule is CC(Sc1nnc(-c2ccccc2F)n1Cc1ccccc1)C(=O)c1c(N)n(C)c(=O)n(C)c1=O. The number of nitrogens with zero attached hydrogens (tertiary/aromatic N) is 5. The van der Waals surface area contributed by atoms with Gasteiger partial charge in [0, 0.05) is 14.1 Å². The summed E-state index contributed by atoms with van der Waals surface area (Å²) in [6.45, 7) is 1.95. The molecule has 180 valence electrons. The summed E-state index contributed by atoms with van der Waals surface area (Å²) >= 11 is 1.07. The Kier molecular flexibility index (Phi) is 6.70. The van der Waals surface area contributed by atoms with Crippen LogP contribution >= 0.6 is 11.8 Å². The van der Waals surface area contributed by atoms with E-state index in [0.29, 0.717) is 17.5 Å². The van der Waals surface area contributed by atoms with Crippen LogP contribution in [0.2, 0.25) is 0 Å². The topological polar surface area (TPSA) is 118 Å². The molecule has 1 unspecified atom stereocenters. The van der Waals surface area contributed by atoms with Crippen molar-refractivity contribution in [2.24, 2.45) is 14.1 Å². The fourth-order valence-corrected chi connectivity index (χ4v) is 4.54. The number of benzene rings is 2. The van der Waals surface area contributed by atoms with Gasteiger partial charge in [-0.3, -0.25) is 23.3 Å². The van der Waals surface area contributed by atoms with Crippen LogP contribution in [0.25, 0.3) is 11.4 Å². The first kappa shape index (κ1) is 24.1. The van der Waals surface area contributed by atoms with Crippen molar-refractivity contribution in [3.63, 3.8) is 0 Å². The number of Topliss-reactive ketones (excluding diaryl/α,β-unsaturated/α-hetero) is 1. The molecule has 0 bridgehead atoms. The van der Waals surface area contributed by atoms with E-state index in [2.05, 4.69) is 10.2 Å². The molecule has 4 rings (SSSR count). The number of nitrogens with two attached hydrogens (primary N) is 1. The predicted octanol–water partition coefficient (Wildman–Crippen LogP) is 2.48. The number of carbonyl (C=O) groups is 1. The van der Waals surface area contributed by atoms with Gasteiger partial charge in [-0.15, -0.1) is 10.2 Å². The Hall–Kier alpha value is -3.99. The number of thioether (sulfide) groups is 1. The van der Waals surface area contributed by atoms with Crippen molar-refractivity contribution >= 4 is 23.4 Å². The molecule has 0 saturated carbocycles. The number of ketones is 1. The van der Waals surface area contributed by atoms with Crippen molar-refractivity contribution in [2.45, 2.75) is 23.9 Å². The molecule has 2 aromatic heterocycles. The second kappa shape index (κ2) is 9.71. The molecule has 11 heteroatoms. The minimum Gasteiger partial charge on any atom is -0.384 e. The molecule has 2 aromatic carbocycles. The summed E-state index contributed by atoms with van der Waals surface area (Å²) in [5.74, 6) is -0.887. The number of rotatable bonds is 7. The lowest BCUT2D eigenvalue weighted by molar-refractivity contribution is 0.0992. The number of hydrogen-bond acceptors (Lipinski definition) is 7. The van der Waals surface area contributed by atoms with E-state index in [4.69, 9.17) is 5.73 Å². The summed E-state index contributed by atoms with van der Waals surface area (Å²) in [6.07, 6.45) is 0. The first-order chi connectivity index (χ1) is 16.7. The van der Waals surface area contributed by atoms with Crippen molar-refractivity contribution in [1.29, 1.82) is 0 Å². The third-order valence-electron chi connectivity index (χ3n) is 5.62. The molecular weight excluding hydrogens is 471 g/mol. The Labute approximate surface area is 204 Å². The molecule has 0 radical (unpaired) electrons. The molecule has 2 N–H and O–H groups in total. The van der Waals surface area contributed by atoms with Gasteiger partial charge >= 0.3 is 5.69 Å². The quantitative estimate of drug-likeness (QED) is 0.310. The van der Waals surface area contributed by atoms with Gasteiger partial charge in [-0.1, -0.05) is 54.2 Å². The standard InChI is InChI=1S/C24H23FN6O3S/c1-14(19(32)18-20(26)29(2)24(34)30(3)22(18)33)35-23-28-27-21(16-11-7-8-12-17(16)25)31(23)13-15-9-5-4-6-10-15/h4-12,14H,13,26H2,1-3H3. The zero-order chi connectivity index (χ0) is 25.3.